The highest BCUT2D eigenvalue weighted by atomic mass is 15.0. The Kier molecular flexibility index (Phi) is 4.59. The van der Waals surface area contributed by atoms with Gasteiger partial charge in [0.1, 0.15) is 5.82 Å². The zero-order chi connectivity index (χ0) is 12.1. The fourth-order valence-corrected chi connectivity index (χ4v) is 2.01. The highest BCUT2D eigenvalue weighted by Gasteiger charge is 2.14. The van der Waals surface area contributed by atoms with Gasteiger partial charge in [0.15, 0.2) is 0 Å². The van der Waals surface area contributed by atoms with Crippen molar-refractivity contribution in [2.45, 2.75) is 46.6 Å². The molecule has 0 aromatic carbocycles. The van der Waals surface area contributed by atoms with Gasteiger partial charge in [-0.3, -0.25) is 0 Å². The minimum Gasteiger partial charge on any atom is -0.396 e. The normalized spacial score (nSPS) is 12.8. The maximum absolute atomic E-state index is 5.90. The average Bonchev–Trinajstić information content (AvgIpc) is 2.25. The molecule has 3 heteroatoms. The molecule has 0 aliphatic heterocycles. The van der Waals surface area contributed by atoms with Gasteiger partial charge >= 0.3 is 0 Å². The molecule has 0 aliphatic carbocycles. The fourth-order valence-electron chi connectivity index (χ4n) is 2.01. The molecule has 0 bridgehead atoms. The molecular weight excluding hydrogens is 198 g/mol. The molecular formula is C13H23N3. The number of hydrogen-bond acceptors (Lipinski definition) is 3. The second-order valence-electron chi connectivity index (χ2n) is 4.40. The molecule has 0 radical (unpaired) electrons. The van der Waals surface area contributed by atoms with Gasteiger partial charge in [-0.15, -0.1) is 0 Å². The van der Waals surface area contributed by atoms with Gasteiger partial charge in [0, 0.05) is 11.7 Å². The van der Waals surface area contributed by atoms with Gasteiger partial charge in [-0.2, -0.15) is 0 Å². The third kappa shape index (κ3) is 3.12. The lowest BCUT2D eigenvalue weighted by Crippen LogP contribution is -2.26. The van der Waals surface area contributed by atoms with Crippen LogP contribution in [-0.4, -0.2) is 11.0 Å². The lowest BCUT2D eigenvalue weighted by molar-refractivity contribution is 0.437. The van der Waals surface area contributed by atoms with Gasteiger partial charge in [-0.1, -0.05) is 26.7 Å². The van der Waals surface area contributed by atoms with Gasteiger partial charge in [0.05, 0.1) is 5.69 Å². The van der Waals surface area contributed by atoms with Crippen LogP contribution < -0.4 is 11.1 Å². The van der Waals surface area contributed by atoms with Crippen LogP contribution in [0.5, 0.6) is 0 Å². The molecule has 1 aromatic rings. The first-order valence-corrected chi connectivity index (χ1v) is 6.08. The molecule has 0 aliphatic rings. The highest BCUT2D eigenvalue weighted by Crippen LogP contribution is 2.21. The molecule has 0 saturated carbocycles. The third-order valence-corrected chi connectivity index (χ3v) is 3.19. The maximum Gasteiger partial charge on any atom is 0.149 e. The minimum absolute atomic E-state index is 0.409. The van der Waals surface area contributed by atoms with E-state index in [9.17, 15) is 0 Å². The molecule has 90 valence electrons. The van der Waals surface area contributed by atoms with Crippen LogP contribution in [0.2, 0.25) is 0 Å². The van der Waals surface area contributed by atoms with Crippen molar-refractivity contribution in [1.29, 1.82) is 0 Å². The van der Waals surface area contributed by atoms with Crippen molar-refractivity contribution in [2.75, 3.05) is 11.1 Å². The topological polar surface area (TPSA) is 50.9 Å². The molecule has 0 amide bonds. The summed E-state index contributed by atoms with van der Waals surface area (Å²) in [5, 5.41) is 3.42. The highest BCUT2D eigenvalue weighted by molar-refractivity contribution is 5.61. The first-order valence-electron chi connectivity index (χ1n) is 6.08. The number of pyridine rings is 1. The second kappa shape index (κ2) is 5.73. The fraction of sp³-hybridized carbons (Fsp3) is 0.615. The molecule has 1 rings (SSSR count). The number of aryl methyl sites for hydroxylation is 1. The Hall–Kier alpha value is -1.25. The number of anilines is 2. The number of aromatic nitrogens is 1. The van der Waals surface area contributed by atoms with Crippen molar-refractivity contribution in [3.05, 3.63) is 17.8 Å². The van der Waals surface area contributed by atoms with E-state index in [-0.39, 0.29) is 0 Å². The smallest absolute Gasteiger partial charge is 0.149 e. The van der Waals surface area contributed by atoms with Crippen molar-refractivity contribution in [3.8, 4) is 0 Å². The van der Waals surface area contributed by atoms with Crippen molar-refractivity contribution in [1.82, 2.24) is 4.98 Å². The first kappa shape index (κ1) is 12.8. The Morgan fingerprint density at radius 3 is 2.50 bits per heavy atom. The zero-order valence-electron chi connectivity index (χ0n) is 10.7. The standard InChI is InChI=1S/C13H23N3/c1-5-11(6-2)10(4)16-13-12(14)8-7-9(3)15-13/h7-8,10-11H,5-6,14H2,1-4H3,(H,15,16). The summed E-state index contributed by atoms with van der Waals surface area (Å²) in [5.41, 5.74) is 7.62. The number of nitrogens with two attached hydrogens (primary N) is 1. The summed E-state index contributed by atoms with van der Waals surface area (Å²) in [6, 6.07) is 4.25. The van der Waals surface area contributed by atoms with Crippen LogP contribution in [0.1, 0.15) is 39.3 Å². The van der Waals surface area contributed by atoms with E-state index in [4.69, 9.17) is 5.73 Å². The number of rotatable bonds is 5. The molecule has 0 spiro atoms. The lowest BCUT2D eigenvalue weighted by Gasteiger charge is -2.23. The lowest BCUT2D eigenvalue weighted by atomic mass is 9.95. The molecule has 0 saturated heterocycles. The van der Waals surface area contributed by atoms with Crippen LogP contribution in [-0.2, 0) is 0 Å². The first-order chi connectivity index (χ1) is 7.58. The Balaban J connectivity index is 2.75. The van der Waals surface area contributed by atoms with E-state index in [1.54, 1.807) is 0 Å². The number of nitrogen functional groups attached to an aromatic ring is 1. The summed E-state index contributed by atoms with van der Waals surface area (Å²) < 4.78 is 0. The molecule has 1 aromatic heterocycles. The molecule has 1 heterocycles. The van der Waals surface area contributed by atoms with Crippen LogP contribution in [0, 0.1) is 12.8 Å². The Morgan fingerprint density at radius 1 is 1.31 bits per heavy atom. The number of hydrogen-bond donors (Lipinski definition) is 2. The van der Waals surface area contributed by atoms with E-state index in [2.05, 4.69) is 31.1 Å². The van der Waals surface area contributed by atoms with Gasteiger partial charge < -0.3 is 11.1 Å². The van der Waals surface area contributed by atoms with Gasteiger partial charge in [-0.05, 0) is 31.9 Å². The van der Waals surface area contributed by atoms with Crippen molar-refractivity contribution in [3.63, 3.8) is 0 Å². The summed E-state index contributed by atoms with van der Waals surface area (Å²) >= 11 is 0. The molecule has 16 heavy (non-hydrogen) atoms. The van der Waals surface area contributed by atoms with E-state index in [1.165, 1.54) is 12.8 Å². The SMILES string of the molecule is CCC(CC)C(C)Nc1nc(C)ccc1N. The molecule has 1 unspecified atom stereocenters. The van der Waals surface area contributed by atoms with Crippen LogP contribution in [0.25, 0.3) is 0 Å². The van der Waals surface area contributed by atoms with Gasteiger partial charge in [0.2, 0.25) is 0 Å². The predicted molar refractivity (Wildman–Crippen MR) is 70.5 cm³/mol. The van der Waals surface area contributed by atoms with E-state index in [1.807, 2.05) is 19.1 Å². The summed E-state index contributed by atoms with van der Waals surface area (Å²) in [6.45, 7) is 8.62. The molecule has 3 nitrogen and oxygen atoms in total. The average molecular weight is 221 g/mol. The molecule has 3 N–H and O–H groups in total. The van der Waals surface area contributed by atoms with Gasteiger partial charge in [-0.25, -0.2) is 4.98 Å². The Labute approximate surface area is 98.5 Å². The van der Waals surface area contributed by atoms with Gasteiger partial charge in [0.25, 0.3) is 0 Å². The monoisotopic (exact) mass is 221 g/mol. The predicted octanol–water partition coefficient (Wildman–Crippen LogP) is 3.21. The summed E-state index contributed by atoms with van der Waals surface area (Å²) in [5.74, 6) is 1.49. The summed E-state index contributed by atoms with van der Waals surface area (Å²) in [4.78, 5) is 4.43. The number of nitrogens with zero attached hydrogens (tertiary/aromatic N) is 1. The molecule has 0 fully saturated rings. The second-order valence-corrected chi connectivity index (χ2v) is 4.40. The Morgan fingerprint density at radius 2 is 1.94 bits per heavy atom. The minimum atomic E-state index is 0.409. The zero-order valence-corrected chi connectivity index (χ0v) is 10.7. The van der Waals surface area contributed by atoms with E-state index >= 15 is 0 Å². The third-order valence-electron chi connectivity index (χ3n) is 3.19. The van der Waals surface area contributed by atoms with Crippen LogP contribution in [0.3, 0.4) is 0 Å². The number of nitrogens with one attached hydrogen (secondary N) is 1. The van der Waals surface area contributed by atoms with Crippen LogP contribution >= 0.6 is 0 Å². The molecule has 1 atom stereocenters. The quantitative estimate of drug-likeness (QED) is 0.802. The van der Waals surface area contributed by atoms with Crippen LogP contribution in [0.4, 0.5) is 11.5 Å². The van der Waals surface area contributed by atoms with Crippen molar-refractivity contribution >= 4 is 11.5 Å². The van der Waals surface area contributed by atoms with E-state index in [0.717, 1.165) is 17.2 Å². The van der Waals surface area contributed by atoms with E-state index < -0.39 is 0 Å². The van der Waals surface area contributed by atoms with Crippen molar-refractivity contribution in [2.24, 2.45) is 5.92 Å². The largest absolute Gasteiger partial charge is 0.396 e. The summed E-state index contributed by atoms with van der Waals surface area (Å²) in [7, 11) is 0. The summed E-state index contributed by atoms with van der Waals surface area (Å²) in [6.07, 6.45) is 2.35. The van der Waals surface area contributed by atoms with Crippen molar-refractivity contribution < 1.29 is 0 Å². The van der Waals surface area contributed by atoms with Crippen LogP contribution in [0.15, 0.2) is 12.1 Å². The maximum atomic E-state index is 5.90. The Bertz CT molecular complexity index is 332. The van der Waals surface area contributed by atoms with E-state index in [0.29, 0.717) is 12.0 Å².